The second-order valence-corrected chi connectivity index (χ2v) is 20.4. The summed E-state index contributed by atoms with van der Waals surface area (Å²) in [6, 6.07) is 5.98. The number of hydrogen-bond acceptors (Lipinski definition) is 15. The minimum Gasteiger partial charge on any atom is -0.468 e. The third-order valence-corrected chi connectivity index (χ3v) is 15.0. The molecule has 4 aromatic heterocycles. The van der Waals surface area contributed by atoms with Crippen LogP contribution in [0.1, 0.15) is 77.3 Å². The van der Waals surface area contributed by atoms with Crippen LogP contribution in [0.15, 0.2) is 48.9 Å². The summed E-state index contributed by atoms with van der Waals surface area (Å²) in [5.41, 5.74) is -1.61. The molecule has 0 radical (unpaired) electrons. The number of carbonyl (C=O) groups is 7. The second kappa shape index (κ2) is 25.1. The number of piperidine rings is 1. The van der Waals surface area contributed by atoms with Gasteiger partial charge in [0.25, 0.3) is 11.8 Å². The summed E-state index contributed by atoms with van der Waals surface area (Å²) in [6.07, 6.45) is 0.490. The minimum absolute atomic E-state index is 0.00420. The van der Waals surface area contributed by atoms with E-state index in [1.165, 1.54) is 30.6 Å². The van der Waals surface area contributed by atoms with Crippen molar-refractivity contribution in [1.82, 2.24) is 60.4 Å². The van der Waals surface area contributed by atoms with Gasteiger partial charge in [-0.15, -0.1) is 0 Å². The van der Waals surface area contributed by atoms with Crippen molar-refractivity contribution in [3.05, 3.63) is 77.4 Å². The van der Waals surface area contributed by atoms with Crippen LogP contribution >= 0.6 is 0 Å². The molecule has 1 saturated heterocycles. The number of esters is 1. The van der Waals surface area contributed by atoms with Crippen LogP contribution < -0.4 is 21.3 Å². The van der Waals surface area contributed by atoms with Gasteiger partial charge >= 0.3 is 12.1 Å². The van der Waals surface area contributed by atoms with Gasteiger partial charge in [-0.3, -0.25) is 48.0 Å². The molecular formula is C53H59F6N13O11. The molecule has 5 N–H and O–H groups in total. The average Bonchev–Trinajstić information content (AvgIpc) is 1.65. The average molecular weight is 1170 g/mol. The van der Waals surface area contributed by atoms with Gasteiger partial charge in [-0.1, -0.05) is 19.1 Å². The molecule has 1 saturated carbocycles. The standard InChI is InChI=1S/C53H59F6N13O11/c1-51-23-37-35(22-40(51)52(51,55)56)48(67-66-37)50(79)65-31-25-63-70(28-31)32-8-12-69(13-9-32)44(76)10-14-81-16-18-83-19-17-82-15-11-60-41(73)6-7-45(77)72-39-21-34(36(54)20-30(39)24-64-72)33-4-3-5-38-47(33)49(53(57,58)59)68-71(38)29-43(75)61-26-42(74)62-27-46(78)80-2/h3-5,20-21,24-25,28,32,40H,6-19,22-23,26-27,29H2,1-2H3,(H,60,73)(H,61,75)(H,62,74)(H,65,79)(H,66,67)/t40-,51+/m1/s1. The summed E-state index contributed by atoms with van der Waals surface area (Å²) < 4.78 is 112. The Bertz CT molecular complexity index is 3420. The number of likely N-dealkylation sites (tertiary alicyclic amines) is 1. The monoisotopic (exact) mass is 1170 g/mol. The quantitative estimate of drug-likeness (QED) is 0.0308. The number of benzene rings is 2. The van der Waals surface area contributed by atoms with E-state index in [0.29, 0.717) is 42.9 Å². The molecule has 6 aromatic rings. The maximum absolute atomic E-state index is 15.8. The summed E-state index contributed by atoms with van der Waals surface area (Å²) in [5, 5.41) is 28.5. The number of fused-ring (bicyclic) bond motifs is 4. The van der Waals surface area contributed by atoms with Crippen LogP contribution in [-0.4, -0.2) is 171 Å². The molecule has 5 heterocycles. The number of amides is 5. The highest BCUT2D eigenvalue weighted by molar-refractivity contribution is 6.04. The van der Waals surface area contributed by atoms with Crippen LogP contribution in [0.4, 0.5) is 32.0 Å². The third kappa shape index (κ3) is 13.3. The predicted molar refractivity (Wildman–Crippen MR) is 279 cm³/mol. The lowest BCUT2D eigenvalue weighted by Crippen LogP contribution is -2.40. The summed E-state index contributed by atoms with van der Waals surface area (Å²) in [7, 11) is 1.11. The first kappa shape index (κ1) is 59.4. The zero-order valence-corrected chi connectivity index (χ0v) is 45.0. The van der Waals surface area contributed by atoms with Gasteiger partial charge in [0.1, 0.15) is 18.9 Å². The van der Waals surface area contributed by atoms with Gasteiger partial charge in [-0.25, -0.2) is 17.9 Å². The number of aromatic amines is 1. The number of rotatable bonds is 25. The fourth-order valence-corrected chi connectivity index (χ4v) is 10.4. The van der Waals surface area contributed by atoms with Crippen molar-refractivity contribution >= 4 is 68.9 Å². The normalized spacial score (nSPS) is 17.4. The Hall–Kier alpha value is -8.25. The van der Waals surface area contributed by atoms with Crippen LogP contribution in [0.3, 0.4) is 0 Å². The van der Waals surface area contributed by atoms with E-state index in [4.69, 9.17) is 14.2 Å². The van der Waals surface area contributed by atoms with E-state index in [9.17, 15) is 55.5 Å². The van der Waals surface area contributed by atoms with Gasteiger partial charge in [0, 0.05) is 84.0 Å². The molecule has 5 amide bonds. The van der Waals surface area contributed by atoms with Crippen molar-refractivity contribution < 1.29 is 78.9 Å². The maximum Gasteiger partial charge on any atom is 0.435 e. The summed E-state index contributed by atoms with van der Waals surface area (Å²) >= 11 is 0. The number of methoxy groups -OCH3 is 1. The molecule has 9 rings (SSSR count). The number of H-pyrrole nitrogens is 1. The van der Waals surface area contributed by atoms with Crippen molar-refractivity contribution in [2.75, 3.05) is 84.8 Å². The zero-order chi connectivity index (χ0) is 59.2. The zero-order valence-electron chi connectivity index (χ0n) is 45.0. The number of hydrogen-bond donors (Lipinski definition) is 5. The van der Waals surface area contributed by atoms with Crippen molar-refractivity contribution in [1.29, 1.82) is 0 Å². The van der Waals surface area contributed by atoms with E-state index in [1.54, 1.807) is 22.7 Å². The molecule has 2 fully saturated rings. The molecule has 83 heavy (non-hydrogen) atoms. The van der Waals surface area contributed by atoms with Gasteiger partial charge in [-0.2, -0.15) is 33.6 Å². The van der Waals surface area contributed by atoms with Crippen molar-refractivity contribution in [2.45, 2.75) is 76.6 Å². The first-order valence-corrected chi connectivity index (χ1v) is 26.6. The Labute approximate surface area is 468 Å². The van der Waals surface area contributed by atoms with E-state index < -0.39 is 95.5 Å². The first-order valence-electron chi connectivity index (χ1n) is 26.6. The number of alkyl halides is 5. The van der Waals surface area contributed by atoms with Gasteiger partial charge in [-0.05, 0) is 43.0 Å². The number of carbonyl (C=O) groups excluding carboxylic acids is 7. The van der Waals surface area contributed by atoms with Crippen LogP contribution in [0.25, 0.3) is 32.9 Å². The van der Waals surface area contributed by atoms with Crippen molar-refractivity contribution in [2.24, 2.45) is 11.3 Å². The molecule has 30 heteroatoms. The topological polar surface area (TPSA) is 290 Å². The summed E-state index contributed by atoms with van der Waals surface area (Å²) in [6.45, 7) is 2.14. The van der Waals surface area contributed by atoms with E-state index in [2.05, 4.69) is 51.5 Å². The minimum atomic E-state index is -5.07. The number of nitrogens with zero attached hydrogens (tertiary/aromatic N) is 8. The number of nitrogens with one attached hydrogen (secondary N) is 5. The molecule has 2 aliphatic carbocycles. The molecule has 2 atom stereocenters. The van der Waals surface area contributed by atoms with E-state index >= 15 is 4.39 Å². The van der Waals surface area contributed by atoms with E-state index in [-0.39, 0.29) is 123 Å². The fraction of sp³-hybridized carbons (Fsp3) is 0.491. The summed E-state index contributed by atoms with van der Waals surface area (Å²) in [5.74, 6) is -8.62. The Morgan fingerprint density at radius 1 is 0.807 bits per heavy atom. The van der Waals surface area contributed by atoms with Gasteiger partial charge in [0.05, 0.1) is 94.9 Å². The van der Waals surface area contributed by atoms with Gasteiger partial charge < -0.3 is 45.1 Å². The smallest absolute Gasteiger partial charge is 0.435 e. The number of halogens is 6. The highest BCUT2D eigenvalue weighted by Crippen LogP contribution is 2.70. The summed E-state index contributed by atoms with van der Waals surface area (Å²) in [4.78, 5) is 89.7. The van der Waals surface area contributed by atoms with Crippen molar-refractivity contribution in [3.8, 4) is 11.1 Å². The number of aromatic nitrogens is 8. The molecule has 2 aromatic carbocycles. The molecule has 1 aliphatic heterocycles. The second-order valence-electron chi connectivity index (χ2n) is 20.4. The molecule has 24 nitrogen and oxygen atoms in total. The van der Waals surface area contributed by atoms with Crippen LogP contribution in [0.2, 0.25) is 0 Å². The van der Waals surface area contributed by atoms with Crippen LogP contribution in [0.5, 0.6) is 0 Å². The van der Waals surface area contributed by atoms with E-state index in [1.807, 2.05) is 0 Å². The number of ether oxygens (including phenoxy) is 4. The Morgan fingerprint density at radius 2 is 1.53 bits per heavy atom. The molecular weight excluding hydrogens is 1110 g/mol. The van der Waals surface area contributed by atoms with Gasteiger partial charge in [0.15, 0.2) is 11.4 Å². The molecule has 444 valence electrons. The largest absolute Gasteiger partial charge is 0.468 e. The lowest BCUT2D eigenvalue weighted by Gasteiger charge is -2.32. The molecule has 0 spiro atoms. The molecule has 0 unspecified atom stereocenters. The Balaban J connectivity index is 0.633. The predicted octanol–water partition coefficient (Wildman–Crippen LogP) is 4.00. The Morgan fingerprint density at radius 3 is 2.27 bits per heavy atom. The lowest BCUT2D eigenvalue weighted by atomic mass is 9.87. The third-order valence-electron chi connectivity index (χ3n) is 15.0. The van der Waals surface area contributed by atoms with Gasteiger partial charge in [0.2, 0.25) is 29.5 Å². The maximum atomic E-state index is 15.8. The first-order chi connectivity index (χ1) is 39.7. The fourth-order valence-electron chi connectivity index (χ4n) is 10.4. The van der Waals surface area contributed by atoms with Crippen LogP contribution in [0, 0.1) is 17.2 Å². The van der Waals surface area contributed by atoms with Crippen molar-refractivity contribution in [3.63, 3.8) is 0 Å². The number of anilines is 1. The highest BCUT2D eigenvalue weighted by Gasteiger charge is 2.78. The van der Waals surface area contributed by atoms with E-state index in [0.717, 1.165) is 28.6 Å². The van der Waals surface area contributed by atoms with Crippen LogP contribution in [-0.2, 0) is 68.5 Å². The SMILES string of the molecule is COC(=O)CNC(=O)CNC(=O)Cn1nc(C(F)(F)F)c2c(-c3cc4c(cnn4C(=O)CCC(=O)NCCOCCOCCOCCC(=O)N4CCC(n5cc(NC(=O)c6n[nH]c7c6C[C@H]6C(F)(F)[C@@]6(C)C7)cn5)CC4)cc3F)cccc21. The highest BCUT2D eigenvalue weighted by atomic mass is 19.4. The molecule has 3 aliphatic rings. The lowest BCUT2D eigenvalue weighted by molar-refractivity contribution is -0.141. The molecule has 0 bridgehead atoms. The Kier molecular flexibility index (Phi) is 17.9.